The van der Waals surface area contributed by atoms with Gasteiger partial charge in [0, 0.05) is 37.8 Å². The summed E-state index contributed by atoms with van der Waals surface area (Å²) in [6, 6.07) is 16.1. The van der Waals surface area contributed by atoms with Crippen LogP contribution in [0.3, 0.4) is 0 Å². The number of ether oxygens (including phenoxy) is 1. The largest absolute Gasteiger partial charge is 0.497 e. The van der Waals surface area contributed by atoms with Crippen molar-refractivity contribution in [1.82, 2.24) is 14.9 Å². The molecule has 0 unspecified atom stereocenters. The molecule has 1 aliphatic rings. The van der Waals surface area contributed by atoms with Crippen molar-refractivity contribution in [1.29, 1.82) is 0 Å². The summed E-state index contributed by atoms with van der Waals surface area (Å²) < 4.78 is 19.0. The van der Waals surface area contributed by atoms with Gasteiger partial charge >= 0.3 is 0 Å². The molecule has 0 N–H and O–H groups in total. The van der Waals surface area contributed by atoms with Gasteiger partial charge in [-0.05, 0) is 35.9 Å². The molecule has 1 amide bonds. The fourth-order valence-corrected chi connectivity index (χ4v) is 3.54. The zero-order valence-electron chi connectivity index (χ0n) is 16.8. The monoisotopic (exact) mass is 406 g/mol. The normalized spacial score (nSPS) is 13.9. The Kier molecular flexibility index (Phi) is 5.88. The Hall–Kier alpha value is -3.48. The Morgan fingerprint density at radius 3 is 2.47 bits per heavy atom. The van der Waals surface area contributed by atoms with Crippen LogP contribution in [0.25, 0.3) is 11.3 Å². The van der Waals surface area contributed by atoms with Crippen molar-refractivity contribution in [3.05, 3.63) is 72.3 Å². The van der Waals surface area contributed by atoms with Crippen molar-refractivity contribution in [2.24, 2.45) is 0 Å². The second-order valence-electron chi connectivity index (χ2n) is 7.13. The van der Waals surface area contributed by atoms with Crippen LogP contribution >= 0.6 is 0 Å². The number of amides is 1. The van der Waals surface area contributed by atoms with E-state index in [0.29, 0.717) is 31.7 Å². The van der Waals surface area contributed by atoms with E-state index in [9.17, 15) is 9.18 Å². The fourth-order valence-electron chi connectivity index (χ4n) is 3.54. The zero-order valence-corrected chi connectivity index (χ0v) is 16.8. The summed E-state index contributed by atoms with van der Waals surface area (Å²) in [7, 11) is 1.64. The first-order valence-electron chi connectivity index (χ1n) is 9.86. The Bertz CT molecular complexity index is 1020. The maximum absolute atomic E-state index is 13.8. The number of carbonyl (C=O) groups is 1. The first kappa shape index (κ1) is 19.8. The number of rotatable bonds is 5. The molecule has 4 rings (SSSR count). The first-order valence-corrected chi connectivity index (χ1v) is 9.86. The molecule has 0 saturated carbocycles. The van der Waals surface area contributed by atoms with Gasteiger partial charge in [-0.25, -0.2) is 14.4 Å². The van der Waals surface area contributed by atoms with E-state index in [1.165, 1.54) is 6.07 Å². The number of aromatic nitrogens is 2. The number of hydrogen-bond donors (Lipinski definition) is 0. The van der Waals surface area contributed by atoms with Crippen LogP contribution in [0.2, 0.25) is 0 Å². The highest BCUT2D eigenvalue weighted by molar-refractivity contribution is 5.79. The van der Waals surface area contributed by atoms with Gasteiger partial charge in [0.25, 0.3) is 0 Å². The number of carbonyl (C=O) groups excluding carboxylic acids is 1. The van der Waals surface area contributed by atoms with Crippen molar-refractivity contribution in [2.45, 2.75) is 6.42 Å². The van der Waals surface area contributed by atoms with Gasteiger partial charge in [-0.1, -0.05) is 18.2 Å². The average molecular weight is 406 g/mol. The topological polar surface area (TPSA) is 58.6 Å². The molecular weight excluding hydrogens is 383 g/mol. The van der Waals surface area contributed by atoms with E-state index in [2.05, 4.69) is 14.9 Å². The molecule has 154 valence electrons. The average Bonchev–Trinajstić information content (AvgIpc) is 2.81. The number of methoxy groups -OCH3 is 1. The van der Waals surface area contributed by atoms with E-state index < -0.39 is 0 Å². The molecule has 0 radical (unpaired) electrons. The van der Waals surface area contributed by atoms with Crippen LogP contribution < -0.4 is 9.64 Å². The highest BCUT2D eigenvalue weighted by Crippen LogP contribution is 2.24. The van der Waals surface area contributed by atoms with E-state index in [0.717, 1.165) is 22.8 Å². The predicted molar refractivity (Wildman–Crippen MR) is 113 cm³/mol. The molecule has 0 bridgehead atoms. The number of halogens is 1. The molecule has 1 saturated heterocycles. The number of nitrogens with zero attached hydrogens (tertiary/aromatic N) is 4. The molecule has 1 aromatic heterocycles. The summed E-state index contributed by atoms with van der Waals surface area (Å²) >= 11 is 0. The lowest BCUT2D eigenvalue weighted by Gasteiger charge is -2.35. The second-order valence-corrected chi connectivity index (χ2v) is 7.13. The predicted octanol–water partition coefficient (Wildman–Crippen LogP) is 3.18. The smallest absolute Gasteiger partial charge is 0.227 e. The van der Waals surface area contributed by atoms with E-state index in [4.69, 9.17) is 4.74 Å². The number of piperazine rings is 1. The van der Waals surface area contributed by atoms with Crippen molar-refractivity contribution in [3.63, 3.8) is 0 Å². The molecule has 2 heterocycles. The highest BCUT2D eigenvalue weighted by Gasteiger charge is 2.23. The molecule has 1 fully saturated rings. The summed E-state index contributed by atoms with van der Waals surface area (Å²) in [6.07, 6.45) is 1.65. The molecule has 2 aromatic carbocycles. The van der Waals surface area contributed by atoms with E-state index in [1.807, 2.05) is 30.3 Å². The van der Waals surface area contributed by atoms with Gasteiger partial charge in [-0.15, -0.1) is 0 Å². The number of anilines is 1. The SMILES string of the molecule is COc1ccc(-c2cc(N3CCN(C(=O)Cc4ccccc4F)CC3)ncn2)cc1. The van der Waals surface area contributed by atoms with Gasteiger partial charge in [-0.3, -0.25) is 4.79 Å². The second kappa shape index (κ2) is 8.90. The lowest BCUT2D eigenvalue weighted by molar-refractivity contribution is -0.130. The van der Waals surface area contributed by atoms with Gasteiger partial charge in [0.1, 0.15) is 23.7 Å². The Morgan fingerprint density at radius 1 is 1.03 bits per heavy atom. The van der Waals surface area contributed by atoms with E-state index >= 15 is 0 Å². The molecule has 30 heavy (non-hydrogen) atoms. The van der Waals surface area contributed by atoms with Crippen LogP contribution in [0.5, 0.6) is 5.75 Å². The molecule has 7 heteroatoms. The minimum Gasteiger partial charge on any atom is -0.497 e. The molecule has 1 aliphatic heterocycles. The molecule has 0 aliphatic carbocycles. The molecule has 0 spiro atoms. The van der Waals surface area contributed by atoms with Crippen LogP contribution in [0, 0.1) is 5.82 Å². The van der Waals surface area contributed by atoms with Crippen LogP contribution in [-0.2, 0) is 11.2 Å². The van der Waals surface area contributed by atoms with Gasteiger partial charge < -0.3 is 14.5 Å². The van der Waals surface area contributed by atoms with Crippen molar-refractivity contribution >= 4 is 11.7 Å². The minimum absolute atomic E-state index is 0.0543. The van der Waals surface area contributed by atoms with Gasteiger partial charge in [0.2, 0.25) is 5.91 Å². The maximum Gasteiger partial charge on any atom is 0.227 e. The van der Waals surface area contributed by atoms with E-state index in [1.54, 1.807) is 36.5 Å². The lowest BCUT2D eigenvalue weighted by Crippen LogP contribution is -2.49. The third kappa shape index (κ3) is 4.40. The lowest BCUT2D eigenvalue weighted by atomic mass is 10.1. The maximum atomic E-state index is 13.8. The van der Waals surface area contributed by atoms with Crippen LogP contribution in [0.4, 0.5) is 10.2 Å². The highest BCUT2D eigenvalue weighted by atomic mass is 19.1. The summed E-state index contributed by atoms with van der Waals surface area (Å²) in [5.74, 6) is 1.24. The van der Waals surface area contributed by atoms with Crippen LogP contribution in [0.15, 0.2) is 60.9 Å². The quantitative estimate of drug-likeness (QED) is 0.651. The summed E-state index contributed by atoms with van der Waals surface area (Å²) in [5.41, 5.74) is 2.25. The molecular formula is C23H23FN4O2. The van der Waals surface area contributed by atoms with Crippen molar-refractivity contribution in [3.8, 4) is 17.0 Å². The Morgan fingerprint density at radius 2 is 1.77 bits per heavy atom. The molecule has 6 nitrogen and oxygen atoms in total. The number of benzene rings is 2. The standard InChI is InChI=1S/C23H23FN4O2/c1-30-19-8-6-17(7-9-19)21-15-22(26-16-25-21)27-10-12-28(13-11-27)23(29)14-18-4-2-3-5-20(18)24/h2-9,15-16H,10-14H2,1H3. The van der Waals surface area contributed by atoms with Crippen LogP contribution in [0.1, 0.15) is 5.56 Å². The first-order chi connectivity index (χ1) is 14.6. The zero-order chi connectivity index (χ0) is 20.9. The molecule has 0 atom stereocenters. The van der Waals surface area contributed by atoms with Crippen molar-refractivity contribution < 1.29 is 13.9 Å². The van der Waals surface area contributed by atoms with E-state index in [-0.39, 0.29) is 18.1 Å². The number of hydrogen-bond acceptors (Lipinski definition) is 5. The van der Waals surface area contributed by atoms with Gasteiger partial charge in [-0.2, -0.15) is 0 Å². The summed E-state index contributed by atoms with van der Waals surface area (Å²) in [5, 5.41) is 0. The van der Waals surface area contributed by atoms with Crippen LogP contribution in [-0.4, -0.2) is 54.1 Å². The molecule has 3 aromatic rings. The Labute approximate surface area is 174 Å². The fraction of sp³-hybridized carbons (Fsp3) is 0.261. The van der Waals surface area contributed by atoms with Gasteiger partial charge in [0.05, 0.1) is 19.2 Å². The minimum atomic E-state index is -0.337. The Balaban J connectivity index is 1.39. The van der Waals surface area contributed by atoms with Gasteiger partial charge in [0.15, 0.2) is 0 Å². The third-order valence-electron chi connectivity index (χ3n) is 5.29. The summed E-state index contributed by atoms with van der Waals surface area (Å²) in [4.78, 5) is 25.3. The van der Waals surface area contributed by atoms with Crippen molar-refractivity contribution in [2.75, 3.05) is 38.2 Å². The summed E-state index contributed by atoms with van der Waals surface area (Å²) in [6.45, 7) is 2.49. The third-order valence-corrected chi connectivity index (χ3v) is 5.29.